The average molecular weight is 297 g/mol. The largest absolute Gasteiger partial charge is 0.325 e. The van der Waals surface area contributed by atoms with Crippen LogP contribution in [0.3, 0.4) is 0 Å². The number of piperidine rings is 1. The van der Waals surface area contributed by atoms with Crippen LogP contribution in [-0.2, 0) is 14.8 Å². The first-order valence-electron chi connectivity index (χ1n) is 6.61. The SMILES string of the molecule is CNS(=O)(=O)c1ccc(NC(=O)[C@@H]2CCCCN2)cc1. The topological polar surface area (TPSA) is 87.3 Å². The molecule has 0 bridgehead atoms. The Labute approximate surface area is 119 Å². The minimum atomic E-state index is -3.44. The van der Waals surface area contributed by atoms with Crippen molar-refractivity contribution in [2.75, 3.05) is 18.9 Å². The lowest BCUT2D eigenvalue weighted by molar-refractivity contribution is -0.118. The molecular weight excluding hydrogens is 278 g/mol. The first-order valence-corrected chi connectivity index (χ1v) is 8.09. The molecule has 1 saturated heterocycles. The van der Waals surface area contributed by atoms with Gasteiger partial charge in [-0.3, -0.25) is 4.79 Å². The molecule has 1 atom stereocenters. The lowest BCUT2D eigenvalue weighted by Gasteiger charge is -2.22. The molecule has 1 aliphatic rings. The zero-order valence-electron chi connectivity index (χ0n) is 11.3. The van der Waals surface area contributed by atoms with Crippen LogP contribution in [0.1, 0.15) is 19.3 Å². The Morgan fingerprint density at radius 3 is 2.50 bits per heavy atom. The maximum atomic E-state index is 12.0. The van der Waals surface area contributed by atoms with E-state index in [0.29, 0.717) is 5.69 Å². The van der Waals surface area contributed by atoms with Crippen molar-refractivity contribution in [3.05, 3.63) is 24.3 Å². The Bertz CT molecular complexity index is 563. The van der Waals surface area contributed by atoms with Crippen LogP contribution in [0.15, 0.2) is 29.2 Å². The standard InChI is InChI=1S/C13H19N3O3S/c1-14-20(18,19)11-7-5-10(6-8-11)16-13(17)12-4-2-3-9-15-12/h5-8,12,14-15H,2-4,9H2,1H3,(H,16,17)/t12-/m0/s1. The van der Waals surface area contributed by atoms with Crippen molar-refractivity contribution in [1.82, 2.24) is 10.0 Å². The van der Waals surface area contributed by atoms with E-state index in [0.717, 1.165) is 25.8 Å². The second kappa shape index (κ2) is 6.34. The summed E-state index contributed by atoms with van der Waals surface area (Å²) in [5.41, 5.74) is 0.595. The summed E-state index contributed by atoms with van der Waals surface area (Å²) >= 11 is 0. The van der Waals surface area contributed by atoms with Crippen molar-refractivity contribution >= 4 is 21.6 Å². The van der Waals surface area contributed by atoms with Crippen LogP contribution in [0.4, 0.5) is 5.69 Å². The van der Waals surface area contributed by atoms with Crippen molar-refractivity contribution in [2.24, 2.45) is 0 Å². The van der Waals surface area contributed by atoms with Crippen molar-refractivity contribution < 1.29 is 13.2 Å². The third-order valence-electron chi connectivity index (χ3n) is 3.33. The number of carbonyl (C=O) groups excluding carboxylic acids is 1. The van der Waals surface area contributed by atoms with Gasteiger partial charge in [0.05, 0.1) is 10.9 Å². The molecule has 0 aliphatic carbocycles. The van der Waals surface area contributed by atoms with Gasteiger partial charge in [-0.15, -0.1) is 0 Å². The molecule has 1 aromatic carbocycles. The zero-order chi connectivity index (χ0) is 14.6. The number of nitrogens with one attached hydrogen (secondary N) is 3. The maximum absolute atomic E-state index is 12.0. The van der Waals surface area contributed by atoms with Gasteiger partial charge in [0, 0.05) is 5.69 Å². The Morgan fingerprint density at radius 2 is 1.95 bits per heavy atom. The summed E-state index contributed by atoms with van der Waals surface area (Å²) in [5, 5.41) is 5.96. The molecule has 1 fully saturated rings. The first-order chi connectivity index (χ1) is 9.53. The molecule has 1 heterocycles. The molecule has 0 spiro atoms. The van der Waals surface area contributed by atoms with E-state index in [1.165, 1.54) is 19.2 Å². The average Bonchev–Trinajstić information content (AvgIpc) is 2.48. The van der Waals surface area contributed by atoms with Gasteiger partial charge in [-0.05, 0) is 50.7 Å². The molecule has 1 aromatic rings. The molecule has 20 heavy (non-hydrogen) atoms. The molecule has 0 radical (unpaired) electrons. The van der Waals surface area contributed by atoms with E-state index >= 15 is 0 Å². The molecule has 2 rings (SSSR count). The Kier molecular flexibility index (Phi) is 4.74. The molecule has 7 heteroatoms. The highest BCUT2D eigenvalue weighted by atomic mass is 32.2. The van der Waals surface area contributed by atoms with Gasteiger partial charge in [0.25, 0.3) is 0 Å². The minimum absolute atomic E-state index is 0.0751. The predicted octanol–water partition coefficient (Wildman–Crippen LogP) is 0.675. The van der Waals surface area contributed by atoms with Crippen LogP contribution in [0.25, 0.3) is 0 Å². The lowest BCUT2D eigenvalue weighted by atomic mass is 10.0. The van der Waals surface area contributed by atoms with Crippen molar-refractivity contribution in [3.63, 3.8) is 0 Å². The van der Waals surface area contributed by atoms with E-state index in [-0.39, 0.29) is 16.8 Å². The summed E-state index contributed by atoms with van der Waals surface area (Å²) in [6.45, 7) is 0.859. The molecule has 0 saturated carbocycles. The summed E-state index contributed by atoms with van der Waals surface area (Å²) in [7, 11) is -2.08. The van der Waals surface area contributed by atoms with Gasteiger partial charge >= 0.3 is 0 Å². The number of sulfonamides is 1. The molecule has 110 valence electrons. The van der Waals surface area contributed by atoms with E-state index < -0.39 is 10.0 Å². The summed E-state index contributed by atoms with van der Waals surface area (Å²) in [4.78, 5) is 12.2. The van der Waals surface area contributed by atoms with Gasteiger partial charge in [0.2, 0.25) is 15.9 Å². The fourth-order valence-electron chi connectivity index (χ4n) is 2.14. The number of amides is 1. The Hall–Kier alpha value is -1.44. The van der Waals surface area contributed by atoms with Gasteiger partial charge in [0.1, 0.15) is 0 Å². The molecule has 1 amide bonds. The smallest absolute Gasteiger partial charge is 0.241 e. The van der Waals surface area contributed by atoms with E-state index in [1.54, 1.807) is 12.1 Å². The maximum Gasteiger partial charge on any atom is 0.241 e. The van der Waals surface area contributed by atoms with Crippen molar-refractivity contribution in [3.8, 4) is 0 Å². The number of hydrogen-bond acceptors (Lipinski definition) is 4. The number of benzene rings is 1. The first kappa shape index (κ1) is 15.0. The monoisotopic (exact) mass is 297 g/mol. The highest BCUT2D eigenvalue weighted by Gasteiger charge is 2.20. The van der Waals surface area contributed by atoms with Crippen LogP contribution >= 0.6 is 0 Å². The highest BCUT2D eigenvalue weighted by molar-refractivity contribution is 7.89. The van der Waals surface area contributed by atoms with Gasteiger partial charge in [-0.25, -0.2) is 13.1 Å². The second-order valence-corrected chi connectivity index (χ2v) is 6.61. The molecule has 1 aliphatic heterocycles. The molecule has 0 aromatic heterocycles. The van der Waals surface area contributed by atoms with Crippen molar-refractivity contribution in [2.45, 2.75) is 30.2 Å². The number of anilines is 1. The predicted molar refractivity (Wildman–Crippen MR) is 77.0 cm³/mol. The van der Waals surface area contributed by atoms with Crippen LogP contribution < -0.4 is 15.4 Å². The van der Waals surface area contributed by atoms with Gasteiger partial charge < -0.3 is 10.6 Å². The Morgan fingerprint density at radius 1 is 1.25 bits per heavy atom. The molecule has 0 unspecified atom stereocenters. The van der Waals surface area contributed by atoms with Crippen molar-refractivity contribution in [1.29, 1.82) is 0 Å². The summed E-state index contributed by atoms with van der Waals surface area (Å²) < 4.78 is 25.4. The van der Waals surface area contributed by atoms with E-state index in [1.807, 2.05) is 0 Å². The molecule has 3 N–H and O–H groups in total. The molecule has 6 nitrogen and oxygen atoms in total. The summed E-state index contributed by atoms with van der Waals surface area (Å²) in [5.74, 6) is -0.0751. The van der Waals surface area contributed by atoms with Gasteiger partial charge in [-0.2, -0.15) is 0 Å². The second-order valence-electron chi connectivity index (χ2n) is 4.72. The van der Waals surface area contributed by atoms with Crippen LogP contribution in [0.2, 0.25) is 0 Å². The van der Waals surface area contributed by atoms with Gasteiger partial charge in [-0.1, -0.05) is 6.42 Å². The number of rotatable bonds is 4. The van der Waals surface area contributed by atoms with Crippen LogP contribution in [0, 0.1) is 0 Å². The molecular formula is C13H19N3O3S. The van der Waals surface area contributed by atoms with Gasteiger partial charge in [0.15, 0.2) is 0 Å². The Balaban J connectivity index is 2.02. The summed E-state index contributed by atoms with van der Waals surface area (Å²) in [6.07, 6.45) is 2.98. The third kappa shape index (κ3) is 3.56. The fraction of sp³-hybridized carbons (Fsp3) is 0.462. The highest BCUT2D eigenvalue weighted by Crippen LogP contribution is 2.15. The van der Waals surface area contributed by atoms with Crippen LogP contribution in [-0.4, -0.2) is 34.0 Å². The van der Waals surface area contributed by atoms with Crippen LogP contribution in [0.5, 0.6) is 0 Å². The zero-order valence-corrected chi connectivity index (χ0v) is 12.2. The summed E-state index contributed by atoms with van der Waals surface area (Å²) in [6, 6.07) is 5.95. The normalized spacial score (nSPS) is 19.6. The number of hydrogen-bond donors (Lipinski definition) is 3. The third-order valence-corrected chi connectivity index (χ3v) is 4.76. The minimum Gasteiger partial charge on any atom is -0.325 e. The van der Waals surface area contributed by atoms with E-state index in [4.69, 9.17) is 0 Å². The number of carbonyl (C=O) groups is 1. The lowest BCUT2D eigenvalue weighted by Crippen LogP contribution is -2.43. The quantitative estimate of drug-likeness (QED) is 0.762. The fourth-order valence-corrected chi connectivity index (χ4v) is 2.87. The van der Waals surface area contributed by atoms with E-state index in [9.17, 15) is 13.2 Å². The van der Waals surface area contributed by atoms with E-state index in [2.05, 4.69) is 15.4 Å².